The monoisotopic (exact) mass is 679 g/mol. The molecular formula is C42H47N8O+. The van der Waals surface area contributed by atoms with Crippen molar-refractivity contribution in [2.75, 3.05) is 31.1 Å². The number of allylic oxidation sites excluding steroid dienone is 7. The molecule has 0 unspecified atom stereocenters. The zero-order chi connectivity index (χ0) is 35.8. The number of hydrogen-bond donors (Lipinski definition) is 0. The number of anilines is 1. The Morgan fingerprint density at radius 1 is 0.784 bits per heavy atom. The molecule has 9 heteroatoms. The molecule has 3 aromatic carbocycles. The third-order valence-electron chi connectivity index (χ3n) is 10.3. The second-order valence-corrected chi connectivity index (χ2v) is 14.3. The van der Waals surface area contributed by atoms with E-state index in [4.69, 9.17) is 15.8 Å². The van der Waals surface area contributed by atoms with Gasteiger partial charge in [-0.15, -0.1) is 0 Å². The molecule has 0 saturated carbocycles. The van der Waals surface area contributed by atoms with Crippen molar-refractivity contribution in [1.82, 2.24) is 0 Å². The van der Waals surface area contributed by atoms with Crippen LogP contribution in [-0.2, 0) is 10.8 Å². The minimum atomic E-state index is -0.199. The number of ether oxygens (including phenoxy) is 1. The van der Waals surface area contributed by atoms with Crippen LogP contribution < -0.4 is 9.64 Å². The van der Waals surface area contributed by atoms with Gasteiger partial charge in [-0.2, -0.15) is 4.58 Å². The number of nitrogens with zero attached hydrogens (tertiary/aromatic N) is 8. The fourth-order valence-corrected chi connectivity index (χ4v) is 7.77. The molecule has 0 fully saturated rings. The molecule has 2 aliphatic heterocycles. The lowest BCUT2D eigenvalue weighted by atomic mass is 9.81. The molecule has 0 spiro atoms. The Balaban J connectivity index is 1.42. The summed E-state index contributed by atoms with van der Waals surface area (Å²) < 4.78 is 9.16. The number of benzene rings is 3. The summed E-state index contributed by atoms with van der Waals surface area (Å²) in [6.07, 6.45) is 13.5. The van der Waals surface area contributed by atoms with Crippen molar-refractivity contribution in [2.24, 2.45) is 10.2 Å². The van der Waals surface area contributed by atoms with E-state index in [1.807, 2.05) is 30.3 Å². The van der Waals surface area contributed by atoms with Gasteiger partial charge in [-0.25, -0.2) is 0 Å². The van der Waals surface area contributed by atoms with E-state index < -0.39 is 0 Å². The SMILES string of the molecule is CC1(C)C(=CC=C2CCCC(C=CC3=[N+](CCCN=[N+]=[N-])c4ccccc4C3(C)C)=C2Oc2ccccc2)N(CCCN=[N+]=[N-])c2ccccc21. The van der Waals surface area contributed by atoms with Gasteiger partial charge in [0.2, 0.25) is 5.69 Å². The van der Waals surface area contributed by atoms with Gasteiger partial charge in [-0.3, -0.25) is 0 Å². The largest absolute Gasteiger partial charge is 0.457 e. The summed E-state index contributed by atoms with van der Waals surface area (Å²) in [6, 6.07) is 27.3. The normalized spacial score (nSPS) is 18.9. The van der Waals surface area contributed by atoms with Crippen LogP contribution in [0, 0.1) is 0 Å². The van der Waals surface area contributed by atoms with Crippen molar-refractivity contribution < 1.29 is 9.31 Å². The summed E-state index contributed by atoms with van der Waals surface area (Å²) in [4.78, 5) is 8.31. The molecule has 3 aliphatic rings. The van der Waals surface area contributed by atoms with Crippen LogP contribution in [-0.4, -0.2) is 36.5 Å². The number of para-hydroxylation sites is 3. The highest BCUT2D eigenvalue weighted by Crippen LogP contribution is 2.48. The van der Waals surface area contributed by atoms with Gasteiger partial charge in [0.15, 0.2) is 5.71 Å². The molecule has 1 aliphatic carbocycles. The van der Waals surface area contributed by atoms with Gasteiger partial charge < -0.3 is 9.64 Å². The van der Waals surface area contributed by atoms with Crippen molar-refractivity contribution >= 4 is 17.1 Å². The van der Waals surface area contributed by atoms with Crippen molar-refractivity contribution in [3.8, 4) is 5.75 Å². The molecule has 0 N–H and O–H groups in total. The van der Waals surface area contributed by atoms with Gasteiger partial charge in [0.05, 0.1) is 5.41 Å². The van der Waals surface area contributed by atoms with Crippen LogP contribution >= 0.6 is 0 Å². The molecule has 0 radical (unpaired) electrons. The van der Waals surface area contributed by atoms with E-state index in [1.54, 1.807) is 0 Å². The van der Waals surface area contributed by atoms with Crippen LogP contribution in [0.3, 0.4) is 0 Å². The van der Waals surface area contributed by atoms with Gasteiger partial charge in [0.1, 0.15) is 18.1 Å². The molecule has 0 atom stereocenters. The minimum Gasteiger partial charge on any atom is -0.457 e. The summed E-state index contributed by atoms with van der Waals surface area (Å²) in [5, 5.41) is 7.59. The first-order valence-corrected chi connectivity index (χ1v) is 18.0. The van der Waals surface area contributed by atoms with Gasteiger partial charge >= 0.3 is 0 Å². The molecule has 0 bridgehead atoms. The smallest absolute Gasteiger partial charge is 0.209 e. The molecule has 9 nitrogen and oxygen atoms in total. The van der Waals surface area contributed by atoms with Crippen molar-refractivity contribution in [3.63, 3.8) is 0 Å². The van der Waals surface area contributed by atoms with Gasteiger partial charge in [0.25, 0.3) is 0 Å². The Morgan fingerprint density at radius 2 is 1.47 bits per heavy atom. The van der Waals surface area contributed by atoms with Crippen molar-refractivity contribution in [2.45, 2.75) is 70.6 Å². The predicted octanol–water partition coefficient (Wildman–Crippen LogP) is 11.1. The Morgan fingerprint density at radius 3 is 2.24 bits per heavy atom. The van der Waals surface area contributed by atoms with E-state index in [-0.39, 0.29) is 10.8 Å². The van der Waals surface area contributed by atoms with Crippen LogP contribution in [0.25, 0.3) is 20.9 Å². The quantitative estimate of drug-likeness (QED) is 0.0588. The second-order valence-electron chi connectivity index (χ2n) is 14.3. The van der Waals surface area contributed by atoms with Crippen LogP contribution in [0.2, 0.25) is 0 Å². The summed E-state index contributed by atoms with van der Waals surface area (Å²) in [6.45, 7) is 11.6. The lowest BCUT2D eigenvalue weighted by molar-refractivity contribution is -0.437. The van der Waals surface area contributed by atoms with E-state index >= 15 is 0 Å². The van der Waals surface area contributed by atoms with Crippen LogP contribution in [0.1, 0.15) is 70.9 Å². The lowest BCUT2D eigenvalue weighted by Gasteiger charge is -2.27. The topological polar surface area (TPSA) is 113 Å². The molecule has 6 rings (SSSR count). The molecule has 0 aromatic heterocycles. The first-order valence-electron chi connectivity index (χ1n) is 18.0. The molecule has 2 heterocycles. The molecule has 3 aromatic rings. The Bertz CT molecular complexity index is 2020. The van der Waals surface area contributed by atoms with Gasteiger partial charge in [-0.05, 0) is 97.7 Å². The van der Waals surface area contributed by atoms with E-state index in [0.29, 0.717) is 13.1 Å². The van der Waals surface area contributed by atoms with Gasteiger partial charge in [-0.1, -0.05) is 84.7 Å². The number of azide groups is 2. The van der Waals surface area contributed by atoms with E-state index in [2.05, 4.69) is 130 Å². The van der Waals surface area contributed by atoms with Crippen LogP contribution in [0.15, 0.2) is 136 Å². The highest BCUT2D eigenvalue weighted by molar-refractivity contribution is 6.03. The van der Waals surface area contributed by atoms with E-state index in [1.165, 1.54) is 45.1 Å². The Labute approximate surface area is 301 Å². The van der Waals surface area contributed by atoms with Crippen molar-refractivity contribution in [1.29, 1.82) is 0 Å². The third kappa shape index (κ3) is 7.36. The minimum absolute atomic E-state index is 0.199. The van der Waals surface area contributed by atoms with E-state index in [9.17, 15) is 0 Å². The Hall–Kier alpha value is -5.49. The zero-order valence-corrected chi connectivity index (χ0v) is 30.2. The summed E-state index contributed by atoms with van der Waals surface area (Å²) in [5.74, 6) is 1.72. The fraction of sp³-hybridized carbons (Fsp3) is 0.357. The van der Waals surface area contributed by atoms with Crippen LogP contribution in [0.4, 0.5) is 11.4 Å². The Kier molecular flexibility index (Phi) is 10.8. The molecule has 260 valence electrons. The standard InChI is InChI=1S/C42H47N8O/c1-41(2)34-19-8-10-21-36(34)49(29-13-27-45-47-43)38(41)25-23-31-15-12-16-32(40(31)51-33-17-6-5-7-18-33)24-26-39-42(3,4)35-20-9-11-22-37(35)50(39)30-14-28-46-48-44/h5-11,17-26H,12-16,27-30H2,1-4H3/q+1. The average molecular weight is 680 g/mol. The molecule has 51 heavy (non-hydrogen) atoms. The highest BCUT2D eigenvalue weighted by atomic mass is 16.5. The molecule has 0 saturated heterocycles. The van der Waals surface area contributed by atoms with Gasteiger partial charge in [0, 0.05) is 70.4 Å². The molecular weight excluding hydrogens is 633 g/mol. The zero-order valence-electron chi connectivity index (χ0n) is 30.2. The first-order chi connectivity index (χ1) is 24.8. The average Bonchev–Trinajstić information content (AvgIpc) is 3.49. The van der Waals surface area contributed by atoms with Crippen LogP contribution in [0.5, 0.6) is 5.75 Å². The highest BCUT2D eigenvalue weighted by Gasteiger charge is 2.44. The third-order valence-corrected chi connectivity index (χ3v) is 10.3. The van der Waals surface area contributed by atoms with E-state index in [0.717, 1.165) is 56.7 Å². The maximum absolute atomic E-state index is 8.85. The molecule has 0 amide bonds. The number of hydrogen-bond acceptors (Lipinski definition) is 4. The number of fused-ring (bicyclic) bond motifs is 2. The maximum Gasteiger partial charge on any atom is 0.209 e. The predicted molar refractivity (Wildman–Crippen MR) is 207 cm³/mol. The maximum atomic E-state index is 8.85. The summed E-state index contributed by atoms with van der Waals surface area (Å²) in [7, 11) is 0. The second kappa shape index (κ2) is 15.6. The summed E-state index contributed by atoms with van der Waals surface area (Å²) in [5.41, 5.74) is 27.1. The lowest BCUT2D eigenvalue weighted by Crippen LogP contribution is -2.28. The number of rotatable bonds is 13. The summed E-state index contributed by atoms with van der Waals surface area (Å²) >= 11 is 0. The first kappa shape index (κ1) is 35.3. The van der Waals surface area contributed by atoms with Crippen molar-refractivity contribution in [3.05, 3.63) is 158 Å². The fourth-order valence-electron chi connectivity index (χ4n) is 7.77.